The zero-order valence-electron chi connectivity index (χ0n) is 9.43. The number of halogens is 1. The molecule has 0 aliphatic heterocycles. The second kappa shape index (κ2) is 5.80. The van der Waals surface area contributed by atoms with E-state index in [0.717, 1.165) is 15.2 Å². The number of ether oxygens (including phenoxy) is 1. The van der Waals surface area contributed by atoms with Crippen LogP contribution in [0.5, 0.6) is 0 Å². The summed E-state index contributed by atoms with van der Waals surface area (Å²) in [6, 6.07) is 7.80. The first-order valence-electron chi connectivity index (χ1n) is 5.19. The second-order valence-corrected chi connectivity index (χ2v) is 5.07. The van der Waals surface area contributed by atoms with Gasteiger partial charge in [-0.25, -0.2) is 9.78 Å². The number of rotatable bonds is 4. The van der Waals surface area contributed by atoms with Gasteiger partial charge in [0.1, 0.15) is 11.6 Å². The summed E-state index contributed by atoms with van der Waals surface area (Å²) >= 11 is 7.00. The zero-order valence-corrected chi connectivity index (χ0v) is 11.0. The highest BCUT2D eigenvalue weighted by Gasteiger charge is 2.01. The molecule has 0 fully saturated rings. The molecule has 2 aromatic rings. The summed E-state index contributed by atoms with van der Waals surface area (Å²) < 4.78 is 5.90. The zero-order chi connectivity index (χ0) is 13.0. The fourth-order valence-electron chi connectivity index (χ4n) is 1.30. The van der Waals surface area contributed by atoms with E-state index in [4.69, 9.17) is 16.3 Å². The van der Waals surface area contributed by atoms with Crippen LogP contribution in [0.25, 0.3) is 16.3 Å². The van der Waals surface area contributed by atoms with Gasteiger partial charge in [-0.2, -0.15) is 0 Å². The Morgan fingerprint density at radius 2 is 2.28 bits per heavy atom. The van der Waals surface area contributed by atoms with Crippen molar-refractivity contribution < 1.29 is 9.53 Å². The maximum Gasteiger partial charge on any atom is 0.331 e. The van der Waals surface area contributed by atoms with E-state index < -0.39 is 5.97 Å². The van der Waals surface area contributed by atoms with Crippen molar-refractivity contribution in [3.8, 4) is 0 Å². The lowest BCUT2D eigenvalue weighted by Crippen LogP contribution is -2.01. The summed E-state index contributed by atoms with van der Waals surface area (Å²) in [4.78, 5) is 15.7. The van der Waals surface area contributed by atoms with Crippen molar-refractivity contribution in [2.75, 3.05) is 6.61 Å². The topological polar surface area (TPSA) is 39.2 Å². The Morgan fingerprint density at radius 1 is 1.50 bits per heavy atom. The van der Waals surface area contributed by atoms with Gasteiger partial charge in [-0.3, -0.25) is 0 Å². The molecular weight excluding hydrogens is 270 g/mol. The SMILES string of the molecule is C=C(Cl)COC(=O)/C=C/c1nc2ccccc2s1. The molecule has 0 atom stereocenters. The Labute approximate surface area is 113 Å². The maximum atomic E-state index is 11.3. The molecule has 0 spiro atoms. The molecule has 1 aromatic heterocycles. The minimum Gasteiger partial charge on any atom is -0.457 e. The summed E-state index contributed by atoms with van der Waals surface area (Å²) in [5.41, 5.74) is 0.921. The lowest BCUT2D eigenvalue weighted by molar-refractivity contribution is -0.136. The van der Waals surface area contributed by atoms with Crippen LogP contribution >= 0.6 is 22.9 Å². The third kappa shape index (κ3) is 3.42. The molecule has 2 rings (SSSR count). The first-order valence-corrected chi connectivity index (χ1v) is 6.38. The summed E-state index contributed by atoms with van der Waals surface area (Å²) in [5.74, 6) is -0.462. The van der Waals surface area contributed by atoms with E-state index >= 15 is 0 Å². The number of carbonyl (C=O) groups is 1. The average Bonchev–Trinajstić information content (AvgIpc) is 2.76. The Balaban J connectivity index is 2.04. The van der Waals surface area contributed by atoms with Crippen LogP contribution in [-0.2, 0) is 9.53 Å². The lowest BCUT2D eigenvalue weighted by Gasteiger charge is -1.97. The number of para-hydroxylation sites is 1. The third-order valence-corrected chi connectivity index (χ3v) is 3.15. The second-order valence-electron chi connectivity index (χ2n) is 3.48. The van der Waals surface area contributed by atoms with Crippen molar-refractivity contribution in [3.63, 3.8) is 0 Å². The average molecular weight is 280 g/mol. The van der Waals surface area contributed by atoms with Gasteiger partial charge in [0.2, 0.25) is 0 Å². The summed E-state index contributed by atoms with van der Waals surface area (Å²) in [7, 11) is 0. The van der Waals surface area contributed by atoms with Gasteiger partial charge < -0.3 is 4.74 Å². The van der Waals surface area contributed by atoms with Gasteiger partial charge in [-0.15, -0.1) is 11.3 Å². The maximum absolute atomic E-state index is 11.3. The number of hydrogen-bond acceptors (Lipinski definition) is 4. The predicted octanol–water partition coefficient (Wildman–Crippen LogP) is 3.61. The first-order chi connectivity index (χ1) is 8.65. The summed E-state index contributed by atoms with van der Waals surface area (Å²) in [6.45, 7) is 3.45. The van der Waals surface area contributed by atoms with Crippen molar-refractivity contribution in [2.45, 2.75) is 0 Å². The van der Waals surface area contributed by atoms with Crippen LogP contribution in [0.3, 0.4) is 0 Å². The van der Waals surface area contributed by atoms with E-state index in [-0.39, 0.29) is 11.6 Å². The molecule has 0 saturated heterocycles. The molecule has 0 saturated carbocycles. The number of benzene rings is 1. The third-order valence-electron chi connectivity index (χ3n) is 2.04. The highest BCUT2D eigenvalue weighted by Crippen LogP contribution is 2.22. The smallest absolute Gasteiger partial charge is 0.331 e. The van der Waals surface area contributed by atoms with Crippen LogP contribution in [0.15, 0.2) is 42.0 Å². The Bertz CT molecular complexity index is 585. The molecule has 0 aliphatic rings. The Hall–Kier alpha value is -1.65. The lowest BCUT2D eigenvalue weighted by atomic mass is 10.3. The molecule has 0 N–H and O–H groups in total. The van der Waals surface area contributed by atoms with Gasteiger partial charge in [-0.05, 0) is 18.2 Å². The van der Waals surface area contributed by atoms with E-state index in [2.05, 4.69) is 11.6 Å². The van der Waals surface area contributed by atoms with Crippen LogP contribution in [-0.4, -0.2) is 17.6 Å². The van der Waals surface area contributed by atoms with E-state index in [9.17, 15) is 4.79 Å². The van der Waals surface area contributed by atoms with Gasteiger partial charge in [0.25, 0.3) is 0 Å². The van der Waals surface area contributed by atoms with E-state index in [0.29, 0.717) is 0 Å². The van der Waals surface area contributed by atoms with Gasteiger partial charge in [0, 0.05) is 11.1 Å². The van der Waals surface area contributed by atoms with Gasteiger partial charge >= 0.3 is 5.97 Å². The summed E-state index contributed by atoms with van der Waals surface area (Å²) in [6.07, 6.45) is 2.96. The molecular formula is C13H10ClNO2S. The number of fused-ring (bicyclic) bond motifs is 1. The van der Waals surface area contributed by atoms with Crippen molar-refractivity contribution in [1.29, 1.82) is 0 Å². The minimum atomic E-state index is -0.462. The van der Waals surface area contributed by atoms with Gasteiger partial charge in [0.05, 0.1) is 10.2 Å². The standard InChI is InChI=1S/C13H10ClNO2S/c1-9(14)8-17-13(16)7-6-12-15-10-4-2-3-5-11(10)18-12/h2-7H,1,8H2/b7-6+. The van der Waals surface area contributed by atoms with Gasteiger partial charge in [0.15, 0.2) is 0 Å². The highest BCUT2D eigenvalue weighted by molar-refractivity contribution is 7.19. The normalized spacial score (nSPS) is 10.9. The molecule has 1 aromatic carbocycles. The molecule has 1 heterocycles. The van der Waals surface area contributed by atoms with Crippen molar-refractivity contribution >= 4 is 45.2 Å². The van der Waals surface area contributed by atoms with E-state index in [1.807, 2.05) is 24.3 Å². The number of nitrogens with zero attached hydrogens (tertiary/aromatic N) is 1. The minimum absolute atomic E-state index is 0.0184. The predicted molar refractivity (Wildman–Crippen MR) is 74.6 cm³/mol. The highest BCUT2D eigenvalue weighted by atomic mass is 35.5. The number of esters is 1. The van der Waals surface area contributed by atoms with E-state index in [1.54, 1.807) is 6.08 Å². The molecule has 0 amide bonds. The molecule has 0 aliphatic carbocycles. The molecule has 18 heavy (non-hydrogen) atoms. The fourth-order valence-corrected chi connectivity index (χ4v) is 2.22. The van der Waals surface area contributed by atoms with Crippen molar-refractivity contribution in [3.05, 3.63) is 47.0 Å². The number of carbonyl (C=O) groups excluding carboxylic acids is 1. The molecule has 0 bridgehead atoms. The Kier molecular flexibility index (Phi) is 4.12. The van der Waals surface area contributed by atoms with E-state index in [1.165, 1.54) is 17.4 Å². The molecule has 5 heteroatoms. The van der Waals surface area contributed by atoms with Crippen LogP contribution in [0, 0.1) is 0 Å². The number of thiazole rings is 1. The van der Waals surface area contributed by atoms with Gasteiger partial charge in [-0.1, -0.05) is 30.3 Å². The first kappa shape index (κ1) is 12.8. The quantitative estimate of drug-likeness (QED) is 0.634. The van der Waals surface area contributed by atoms with Crippen molar-refractivity contribution in [2.24, 2.45) is 0 Å². The van der Waals surface area contributed by atoms with Crippen LogP contribution < -0.4 is 0 Å². The van der Waals surface area contributed by atoms with Crippen molar-refractivity contribution in [1.82, 2.24) is 4.98 Å². The number of aromatic nitrogens is 1. The molecule has 0 unspecified atom stereocenters. The van der Waals surface area contributed by atoms with Crippen LogP contribution in [0.4, 0.5) is 0 Å². The summed E-state index contributed by atoms with van der Waals surface area (Å²) in [5, 5.41) is 1.05. The van der Waals surface area contributed by atoms with Crippen LogP contribution in [0.2, 0.25) is 0 Å². The molecule has 3 nitrogen and oxygen atoms in total. The monoisotopic (exact) mass is 279 g/mol. The molecule has 92 valence electrons. The Morgan fingerprint density at radius 3 is 3.00 bits per heavy atom. The van der Waals surface area contributed by atoms with Crippen LogP contribution in [0.1, 0.15) is 5.01 Å². The molecule has 0 radical (unpaired) electrons. The number of hydrogen-bond donors (Lipinski definition) is 0. The fraction of sp³-hybridized carbons (Fsp3) is 0.0769. The largest absolute Gasteiger partial charge is 0.457 e.